The molecular weight excluding hydrogens is 452 g/mol. The fourth-order valence-electron chi connectivity index (χ4n) is 2.59. The third kappa shape index (κ3) is 4.82. The Labute approximate surface area is 172 Å². The zero-order valence-electron chi connectivity index (χ0n) is 14.3. The topological polar surface area (TPSA) is 66.4 Å². The number of carboxylic acids is 1. The summed E-state index contributed by atoms with van der Waals surface area (Å²) in [6.45, 7) is 0. The SMILES string of the molecule is O=C(N[C@H](Cc1ccc(Br)cc1F)C(=O)O)c1cc(-c2ccc(F)cc2)cs1. The van der Waals surface area contributed by atoms with Gasteiger partial charge in [-0.3, -0.25) is 4.79 Å². The first kappa shape index (κ1) is 20.2. The van der Waals surface area contributed by atoms with Crippen LogP contribution in [0.5, 0.6) is 0 Å². The highest BCUT2D eigenvalue weighted by Crippen LogP contribution is 2.26. The van der Waals surface area contributed by atoms with E-state index < -0.39 is 23.7 Å². The molecule has 0 saturated carbocycles. The lowest BCUT2D eigenvalue weighted by Gasteiger charge is -2.14. The van der Waals surface area contributed by atoms with Crippen molar-refractivity contribution in [3.05, 3.63) is 80.5 Å². The summed E-state index contributed by atoms with van der Waals surface area (Å²) in [5.41, 5.74) is 1.65. The van der Waals surface area contributed by atoms with Crippen LogP contribution in [0.1, 0.15) is 15.2 Å². The minimum atomic E-state index is -1.28. The minimum absolute atomic E-state index is 0.184. The highest BCUT2D eigenvalue weighted by molar-refractivity contribution is 9.10. The summed E-state index contributed by atoms with van der Waals surface area (Å²) < 4.78 is 27.6. The van der Waals surface area contributed by atoms with Crippen LogP contribution in [0, 0.1) is 11.6 Å². The number of nitrogens with one attached hydrogen (secondary N) is 1. The highest BCUT2D eigenvalue weighted by Gasteiger charge is 2.23. The molecule has 2 aromatic carbocycles. The van der Waals surface area contributed by atoms with E-state index in [1.165, 1.54) is 24.3 Å². The second kappa shape index (κ2) is 8.62. The lowest BCUT2D eigenvalue weighted by atomic mass is 10.1. The van der Waals surface area contributed by atoms with Crippen molar-refractivity contribution in [2.45, 2.75) is 12.5 Å². The van der Waals surface area contributed by atoms with Gasteiger partial charge in [0.2, 0.25) is 0 Å². The summed E-state index contributed by atoms with van der Waals surface area (Å²) >= 11 is 4.29. The first-order valence-corrected chi connectivity index (χ1v) is 9.83. The van der Waals surface area contributed by atoms with Crippen LogP contribution in [0.15, 0.2) is 58.4 Å². The van der Waals surface area contributed by atoms with Gasteiger partial charge in [0.1, 0.15) is 17.7 Å². The van der Waals surface area contributed by atoms with Gasteiger partial charge in [-0.2, -0.15) is 0 Å². The summed E-state index contributed by atoms with van der Waals surface area (Å²) in [7, 11) is 0. The van der Waals surface area contributed by atoms with Gasteiger partial charge in [-0.05, 0) is 52.4 Å². The van der Waals surface area contributed by atoms with E-state index in [-0.39, 0.29) is 17.8 Å². The molecule has 0 bridgehead atoms. The molecule has 1 atom stereocenters. The molecule has 0 unspecified atom stereocenters. The molecule has 28 heavy (non-hydrogen) atoms. The smallest absolute Gasteiger partial charge is 0.326 e. The molecule has 0 saturated heterocycles. The fourth-order valence-corrected chi connectivity index (χ4v) is 3.74. The van der Waals surface area contributed by atoms with Crippen molar-refractivity contribution in [2.75, 3.05) is 0 Å². The maximum absolute atomic E-state index is 14.0. The van der Waals surface area contributed by atoms with Crippen LogP contribution in [0.3, 0.4) is 0 Å². The molecular formula is C20H14BrF2NO3S. The number of halogens is 3. The predicted molar refractivity (Wildman–Crippen MR) is 106 cm³/mol. The minimum Gasteiger partial charge on any atom is -0.480 e. The molecule has 0 aliphatic rings. The number of benzene rings is 2. The van der Waals surface area contributed by atoms with Crippen molar-refractivity contribution in [3.63, 3.8) is 0 Å². The van der Waals surface area contributed by atoms with Crippen LogP contribution in [0.25, 0.3) is 11.1 Å². The molecule has 144 valence electrons. The molecule has 8 heteroatoms. The lowest BCUT2D eigenvalue weighted by Crippen LogP contribution is -2.42. The Morgan fingerprint density at radius 3 is 2.43 bits per heavy atom. The van der Waals surface area contributed by atoms with Crippen molar-refractivity contribution < 1.29 is 23.5 Å². The average molecular weight is 466 g/mol. The Hall–Kier alpha value is -2.58. The Kier molecular flexibility index (Phi) is 6.21. The fraction of sp³-hybridized carbons (Fsp3) is 0.100. The summed E-state index contributed by atoms with van der Waals surface area (Å²) in [5, 5.41) is 13.6. The molecule has 0 spiro atoms. The summed E-state index contributed by atoms with van der Waals surface area (Å²) in [4.78, 5) is 24.3. The molecule has 4 nitrogen and oxygen atoms in total. The van der Waals surface area contributed by atoms with Gasteiger partial charge in [0.05, 0.1) is 4.88 Å². The van der Waals surface area contributed by atoms with E-state index in [9.17, 15) is 23.5 Å². The molecule has 0 radical (unpaired) electrons. The van der Waals surface area contributed by atoms with Crippen molar-refractivity contribution in [2.24, 2.45) is 0 Å². The number of aliphatic carboxylic acids is 1. The largest absolute Gasteiger partial charge is 0.480 e. The molecule has 1 amide bonds. The third-order valence-electron chi connectivity index (χ3n) is 4.04. The van der Waals surface area contributed by atoms with Crippen LogP contribution in [-0.4, -0.2) is 23.0 Å². The molecule has 0 aliphatic heterocycles. The molecule has 0 fully saturated rings. The number of carbonyl (C=O) groups excluding carboxylic acids is 1. The van der Waals surface area contributed by atoms with E-state index in [0.717, 1.165) is 22.5 Å². The standard InChI is InChI=1S/C20H14BrF2NO3S/c21-14-4-1-12(16(23)9-14)7-17(20(26)27)24-19(25)18-8-13(10-28-18)11-2-5-15(22)6-3-11/h1-6,8-10,17H,7H2,(H,24,25)(H,26,27)/t17-/m1/s1. The summed E-state index contributed by atoms with van der Waals surface area (Å²) in [6.07, 6.45) is -0.184. The van der Waals surface area contributed by atoms with E-state index in [0.29, 0.717) is 9.35 Å². The summed E-state index contributed by atoms with van der Waals surface area (Å²) in [5.74, 6) is -2.74. The number of rotatable bonds is 6. The van der Waals surface area contributed by atoms with E-state index in [4.69, 9.17) is 0 Å². The first-order chi connectivity index (χ1) is 13.3. The molecule has 3 aromatic rings. The van der Waals surface area contributed by atoms with Crippen molar-refractivity contribution in [3.8, 4) is 11.1 Å². The Morgan fingerprint density at radius 2 is 1.79 bits per heavy atom. The van der Waals surface area contributed by atoms with Gasteiger partial charge in [-0.15, -0.1) is 11.3 Å². The Morgan fingerprint density at radius 1 is 1.07 bits per heavy atom. The quantitative estimate of drug-likeness (QED) is 0.544. The number of carbonyl (C=O) groups is 2. The number of thiophene rings is 1. The summed E-state index contributed by atoms with van der Waals surface area (Å²) in [6, 6.07) is 10.5. The molecule has 1 aromatic heterocycles. The zero-order valence-corrected chi connectivity index (χ0v) is 16.7. The first-order valence-electron chi connectivity index (χ1n) is 8.15. The second-order valence-corrected chi connectivity index (χ2v) is 7.84. The number of amides is 1. The van der Waals surface area contributed by atoms with Crippen LogP contribution in [-0.2, 0) is 11.2 Å². The normalized spacial score (nSPS) is 11.8. The van der Waals surface area contributed by atoms with E-state index in [2.05, 4.69) is 21.2 Å². The monoisotopic (exact) mass is 465 g/mol. The second-order valence-electron chi connectivity index (χ2n) is 6.01. The zero-order chi connectivity index (χ0) is 20.3. The third-order valence-corrected chi connectivity index (χ3v) is 5.47. The van der Waals surface area contributed by atoms with E-state index in [1.54, 1.807) is 29.6 Å². The van der Waals surface area contributed by atoms with Gasteiger partial charge in [0.25, 0.3) is 5.91 Å². The highest BCUT2D eigenvalue weighted by atomic mass is 79.9. The molecule has 0 aliphatic carbocycles. The lowest BCUT2D eigenvalue weighted by molar-refractivity contribution is -0.139. The van der Waals surface area contributed by atoms with E-state index in [1.807, 2.05) is 0 Å². The number of hydrogen-bond donors (Lipinski definition) is 2. The van der Waals surface area contributed by atoms with Gasteiger partial charge in [-0.1, -0.05) is 34.1 Å². The van der Waals surface area contributed by atoms with Gasteiger partial charge >= 0.3 is 5.97 Å². The van der Waals surface area contributed by atoms with Crippen molar-refractivity contribution in [1.29, 1.82) is 0 Å². The van der Waals surface area contributed by atoms with Crippen LogP contribution in [0.2, 0.25) is 0 Å². The van der Waals surface area contributed by atoms with Crippen LogP contribution < -0.4 is 5.32 Å². The predicted octanol–water partition coefficient (Wildman–Crippen LogP) is 4.88. The van der Waals surface area contributed by atoms with E-state index >= 15 is 0 Å². The maximum atomic E-state index is 14.0. The van der Waals surface area contributed by atoms with Gasteiger partial charge in [-0.25, -0.2) is 13.6 Å². The Balaban J connectivity index is 1.74. The van der Waals surface area contributed by atoms with Gasteiger partial charge < -0.3 is 10.4 Å². The number of carboxylic acid groups (broad SMARTS) is 1. The van der Waals surface area contributed by atoms with Crippen LogP contribution in [0.4, 0.5) is 8.78 Å². The Bertz CT molecular complexity index is 1020. The van der Waals surface area contributed by atoms with Gasteiger partial charge in [0.15, 0.2) is 0 Å². The van der Waals surface area contributed by atoms with Gasteiger partial charge in [0, 0.05) is 10.9 Å². The van der Waals surface area contributed by atoms with Crippen molar-refractivity contribution in [1.82, 2.24) is 5.32 Å². The average Bonchev–Trinajstić information content (AvgIpc) is 3.14. The van der Waals surface area contributed by atoms with Crippen LogP contribution >= 0.6 is 27.3 Å². The molecule has 2 N–H and O–H groups in total. The maximum Gasteiger partial charge on any atom is 0.326 e. The molecule has 3 rings (SSSR count). The number of hydrogen-bond acceptors (Lipinski definition) is 3. The van der Waals surface area contributed by atoms with Crippen molar-refractivity contribution >= 4 is 39.1 Å². The molecule has 1 heterocycles.